The van der Waals surface area contributed by atoms with E-state index in [1.54, 1.807) is 6.20 Å². The van der Waals surface area contributed by atoms with Crippen LogP contribution in [-0.4, -0.2) is 29.0 Å². The molecule has 1 aliphatic rings. The van der Waals surface area contributed by atoms with Gasteiger partial charge in [-0.2, -0.15) is 0 Å². The Balaban J connectivity index is 1.95. The van der Waals surface area contributed by atoms with Crippen molar-refractivity contribution in [2.45, 2.75) is 38.8 Å². The molecule has 1 atom stereocenters. The first-order valence-electron chi connectivity index (χ1n) is 5.71. The lowest BCUT2D eigenvalue weighted by molar-refractivity contribution is 0.252. The molecular formula is C11H19N3O. The van der Waals surface area contributed by atoms with Gasteiger partial charge in [0.2, 0.25) is 0 Å². The molecule has 15 heavy (non-hydrogen) atoms. The fourth-order valence-corrected chi connectivity index (χ4v) is 2.28. The number of hydrogen-bond acceptors (Lipinski definition) is 4. The summed E-state index contributed by atoms with van der Waals surface area (Å²) >= 11 is 0. The molecule has 4 heteroatoms. The number of likely N-dealkylation sites (tertiary alicyclic amines) is 1. The highest BCUT2D eigenvalue weighted by atomic mass is 16.4. The fraction of sp³-hybridized carbons (Fsp3) is 0.727. The smallest absolute Gasteiger partial charge is 0.195 e. The van der Waals surface area contributed by atoms with Gasteiger partial charge in [0.25, 0.3) is 0 Å². The molecule has 1 aliphatic heterocycles. The van der Waals surface area contributed by atoms with Gasteiger partial charge in [0.15, 0.2) is 5.89 Å². The predicted molar refractivity (Wildman–Crippen MR) is 58.4 cm³/mol. The quantitative estimate of drug-likeness (QED) is 0.808. The number of aromatic nitrogens is 1. The molecule has 0 aromatic carbocycles. The maximum Gasteiger partial charge on any atom is 0.195 e. The highest BCUT2D eigenvalue weighted by molar-refractivity contribution is 4.96. The van der Waals surface area contributed by atoms with Crippen molar-refractivity contribution in [1.29, 1.82) is 0 Å². The molecular weight excluding hydrogens is 190 g/mol. The van der Waals surface area contributed by atoms with Crippen molar-refractivity contribution < 1.29 is 4.42 Å². The Morgan fingerprint density at radius 1 is 1.67 bits per heavy atom. The van der Waals surface area contributed by atoms with Crippen LogP contribution in [-0.2, 0) is 13.0 Å². The summed E-state index contributed by atoms with van der Waals surface area (Å²) in [6.07, 6.45) is 5.21. The van der Waals surface area contributed by atoms with Crippen molar-refractivity contribution in [3.8, 4) is 0 Å². The number of rotatable bonds is 4. The Hall–Kier alpha value is -0.870. The Kier molecular flexibility index (Phi) is 3.38. The summed E-state index contributed by atoms with van der Waals surface area (Å²) < 4.78 is 5.52. The Morgan fingerprint density at radius 3 is 3.20 bits per heavy atom. The van der Waals surface area contributed by atoms with Crippen LogP contribution in [0.15, 0.2) is 10.6 Å². The van der Waals surface area contributed by atoms with E-state index in [0.29, 0.717) is 12.6 Å². The molecule has 0 aliphatic carbocycles. The topological polar surface area (TPSA) is 55.3 Å². The summed E-state index contributed by atoms with van der Waals surface area (Å²) in [6, 6.07) is 0.610. The van der Waals surface area contributed by atoms with E-state index in [2.05, 4.69) is 16.8 Å². The summed E-state index contributed by atoms with van der Waals surface area (Å²) in [5, 5.41) is 0. The van der Waals surface area contributed by atoms with Gasteiger partial charge in [-0.3, -0.25) is 0 Å². The van der Waals surface area contributed by atoms with Gasteiger partial charge < -0.3 is 15.1 Å². The first kappa shape index (κ1) is 10.6. The number of hydrogen-bond donors (Lipinski definition) is 1. The summed E-state index contributed by atoms with van der Waals surface area (Å²) in [7, 11) is 0. The second kappa shape index (κ2) is 4.77. The largest absolute Gasteiger partial charge is 0.444 e. The van der Waals surface area contributed by atoms with E-state index in [9.17, 15) is 0 Å². The highest BCUT2D eigenvalue weighted by Crippen LogP contribution is 2.20. The maximum absolute atomic E-state index is 5.52. The van der Waals surface area contributed by atoms with Crippen molar-refractivity contribution >= 4 is 0 Å². The van der Waals surface area contributed by atoms with Crippen molar-refractivity contribution in [3.05, 3.63) is 17.8 Å². The third-order valence-corrected chi connectivity index (χ3v) is 3.12. The van der Waals surface area contributed by atoms with E-state index in [1.165, 1.54) is 19.4 Å². The molecule has 1 fully saturated rings. The third kappa shape index (κ3) is 2.38. The normalized spacial score (nSPS) is 22.4. The van der Waals surface area contributed by atoms with Crippen molar-refractivity contribution in [2.24, 2.45) is 5.73 Å². The van der Waals surface area contributed by atoms with Crippen molar-refractivity contribution in [2.75, 3.05) is 13.1 Å². The third-order valence-electron chi connectivity index (χ3n) is 3.12. The van der Waals surface area contributed by atoms with Crippen LogP contribution in [0.2, 0.25) is 0 Å². The first-order valence-corrected chi connectivity index (χ1v) is 5.71. The minimum absolute atomic E-state index is 0.440. The van der Waals surface area contributed by atoms with Crippen LogP contribution in [0.25, 0.3) is 0 Å². The van der Waals surface area contributed by atoms with Crippen LogP contribution in [0.1, 0.15) is 31.4 Å². The van der Waals surface area contributed by atoms with Crippen LogP contribution in [0.4, 0.5) is 0 Å². The number of nitrogens with zero attached hydrogens (tertiary/aromatic N) is 2. The van der Waals surface area contributed by atoms with Crippen LogP contribution >= 0.6 is 0 Å². The highest BCUT2D eigenvalue weighted by Gasteiger charge is 2.24. The zero-order valence-corrected chi connectivity index (χ0v) is 9.28. The second-order valence-corrected chi connectivity index (χ2v) is 4.05. The molecule has 0 saturated carbocycles. The molecule has 4 nitrogen and oxygen atoms in total. The van der Waals surface area contributed by atoms with Gasteiger partial charge in [0, 0.05) is 12.5 Å². The minimum atomic E-state index is 0.440. The summed E-state index contributed by atoms with van der Waals surface area (Å²) in [5.41, 5.74) is 5.48. The Labute approximate surface area is 90.5 Å². The molecule has 1 aromatic heterocycles. The SMILES string of the molecule is CCN1CCCC1Cc1ncc(CN)o1. The summed E-state index contributed by atoms with van der Waals surface area (Å²) in [6.45, 7) is 4.98. The minimum Gasteiger partial charge on any atom is -0.444 e. The molecule has 0 radical (unpaired) electrons. The zero-order valence-electron chi connectivity index (χ0n) is 9.28. The van der Waals surface area contributed by atoms with E-state index in [1.807, 2.05) is 0 Å². The second-order valence-electron chi connectivity index (χ2n) is 4.05. The lowest BCUT2D eigenvalue weighted by Crippen LogP contribution is -2.30. The monoisotopic (exact) mass is 209 g/mol. The van der Waals surface area contributed by atoms with Gasteiger partial charge >= 0.3 is 0 Å². The van der Waals surface area contributed by atoms with Gasteiger partial charge in [-0.25, -0.2) is 4.98 Å². The summed E-state index contributed by atoms with van der Waals surface area (Å²) in [5.74, 6) is 1.62. The van der Waals surface area contributed by atoms with E-state index < -0.39 is 0 Å². The molecule has 2 heterocycles. The molecule has 0 bridgehead atoms. The van der Waals surface area contributed by atoms with Crippen molar-refractivity contribution in [1.82, 2.24) is 9.88 Å². The molecule has 1 saturated heterocycles. The lowest BCUT2D eigenvalue weighted by Gasteiger charge is -2.21. The molecule has 1 unspecified atom stereocenters. The maximum atomic E-state index is 5.52. The fourth-order valence-electron chi connectivity index (χ4n) is 2.28. The van der Waals surface area contributed by atoms with Crippen LogP contribution in [0.3, 0.4) is 0 Å². The van der Waals surface area contributed by atoms with E-state index in [-0.39, 0.29) is 0 Å². The van der Waals surface area contributed by atoms with Gasteiger partial charge in [0.1, 0.15) is 5.76 Å². The Morgan fingerprint density at radius 2 is 2.53 bits per heavy atom. The average molecular weight is 209 g/mol. The molecule has 0 amide bonds. The first-order chi connectivity index (χ1) is 7.33. The van der Waals surface area contributed by atoms with Gasteiger partial charge in [-0.1, -0.05) is 6.92 Å². The van der Waals surface area contributed by atoms with Crippen LogP contribution < -0.4 is 5.73 Å². The number of nitrogens with two attached hydrogens (primary N) is 1. The standard InChI is InChI=1S/C11H19N3O/c1-2-14-5-3-4-9(14)6-11-13-8-10(7-12)15-11/h8-9H,2-7,12H2,1H3. The average Bonchev–Trinajstić information content (AvgIpc) is 2.87. The van der Waals surface area contributed by atoms with Crippen LogP contribution in [0, 0.1) is 0 Å². The van der Waals surface area contributed by atoms with Crippen molar-refractivity contribution in [3.63, 3.8) is 0 Å². The molecule has 2 rings (SSSR count). The molecule has 0 spiro atoms. The summed E-state index contributed by atoms with van der Waals surface area (Å²) in [4.78, 5) is 6.74. The number of likely N-dealkylation sites (N-methyl/N-ethyl adjacent to an activating group) is 1. The van der Waals surface area contributed by atoms with Gasteiger partial charge in [-0.15, -0.1) is 0 Å². The molecule has 2 N–H and O–H groups in total. The number of oxazole rings is 1. The van der Waals surface area contributed by atoms with E-state index in [4.69, 9.17) is 10.2 Å². The lowest BCUT2D eigenvalue weighted by atomic mass is 10.1. The van der Waals surface area contributed by atoms with E-state index in [0.717, 1.165) is 24.6 Å². The van der Waals surface area contributed by atoms with Gasteiger partial charge in [0.05, 0.1) is 12.7 Å². The zero-order chi connectivity index (χ0) is 10.7. The van der Waals surface area contributed by atoms with E-state index >= 15 is 0 Å². The predicted octanol–water partition coefficient (Wildman–Crippen LogP) is 1.16. The molecule has 1 aromatic rings. The Bertz CT molecular complexity index is 311. The molecule has 84 valence electrons. The van der Waals surface area contributed by atoms with Gasteiger partial charge in [-0.05, 0) is 25.9 Å². The van der Waals surface area contributed by atoms with Crippen LogP contribution in [0.5, 0.6) is 0 Å².